The van der Waals surface area contributed by atoms with Crippen LogP contribution < -0.4 is 0 Å². The standard InChI is InChI=1S/C22H28O8/c1-10(2)7-17(25)29-19-18-12(4)21(26)28-15(18)8-11(3)14-9-16(24)22(6,30-14)20(19)27-13(5)23/h9-11,15,18-20H,4,7-8H2,1-3,5-6H3/t11-,15-,18+,19+,20-,22+/m1/s1. The summed E-state index contributed by atoms with van der Waals surface area (Å²) in [5.41, 5.74) is -1.48. The van der Waals surface area contributed by atoms with Crippen molar-refractivity contribution in [3.05, 3.63) is 24.0 Å². The summed E-state index contributed by atoms with van der Waals surface area (Å²) in [4.78, 5) is 49.8. The highest BCUT2D eigenvalue weighted by atomic mass is 16.6. The molecule has 0 aromatic heterocycles. The van der Waals surface area contributed by atoms with Crippen LogP contribution in [-0.4, -0.2) is 47.6 Å². The first kappa shape index (κ1) is 22.1. The monoisotopic (exact) mass is 420 g/mol. The molecule has 0 unspecified atom stereocenters. The van der Waals surface area contributed by atoms with E-state index in [-0.39, 0.29) is 23.8 Å². The molecular weight excluding hydrogens is 392 g/mol. The molecule has 6 atom stereocenters. The van der Waals surface area contributed by atoms with E-state index in [9.17, 15) is 19.2 Å². The zero-order chi connectivity index (χ0) is 22.4. The molecule has 3 aliphatic heterocycles. The third-order valence-corrected chi connectivity index (χ3v) is 5.82. The molecule has 3 aliphatic rings. The van der Waals surface area contributed by atoms with Gasteiger partial charge in [0.1, 0.15) is 11.9 Å². The predicted molar refractivity (Wildman–Crippen MR) is 104 cm³/mol. The number of ketones is 1. The van der Waals surface area contributed by atoms with Crippen LogP contribution in [0.4, 0.5) is 0 Å². The normalized spacial score (nSPS) is 35.5. The molecule has 2 fully saturated rings. The first-order chi connectivity index (χ1) is 13.9. The van der Waals surface area contributed by atoms with Gasteiger partial charge in [0.15, 0.2) is 12.2 Å². The summed E-state index contributed by atoms with van der Waals surface area (Å²) in [5, 5.41) is 0. The number of carbonyl (C=O) groups excluding carboxylic acids is 4. The molecule has 0 saturated carbocycles. The van der Waals surface area contributed by atoms with Gasteiger partial charge in [-0.05, 0) is 19.3 Å². The van der Waals surface area contributed by atoms with Crippen LogP contribution in [0.3, 0.4) is 0 Å². The topological polar surface area (TPSA) is 105 Å². The number of hydrogen-bond acceptors (Lipinski definition) is 8. The molecule has 2 saturated heterocycles. The molecule has 8 heteroatoms. The van der Waals surface area contributed by atoms with Crippen LogP contribution in [0.5, 0.6) is 0 Å². The van der Waals surface area contributed by atoms with Crippen molar-refractivity contribution in [1.29, 1.82) is 0 Å². The van der Waals surface area contributed by atoms with Crippen LogP contribution >= 0.6 is 0 Å². The molecule has 0 N–H and O–H groups in total. The van der Waals surface area contributed by atoms with Crippen molar-refractivity contribution in [3.8, 4) is 0 Å². The van der Waals surface area contributed by atoms with Crippen LogP contribution in [0.15, 0.2) is 24.0 Å². The molecule has 0 aromatic rings. The average Bonchev–Trinajstić information content (AvgIpc) is 3.07. The maximum atomic E-state index is 12.9. The van der Waals surface area contributed by atoms with E-state index >= 15 is 0 Å². The second-order valence-electron chi connectivity index (χ2n) is 8.83. The summed E-state index contributed by atoms with van der Waals surface area (Å²) < 4.78 is 22.8. The fraction of sp³-hybridized carbons (Fsp3) is 0.636. The fourth-order valence-corrected chi connectivity index (χ4v) is 4.28. The molecule has 0 amide bonds. The highest BCUT2D eigenvalue weighted by Crippen LogP contribution is 2.45. The Hall–Kier alpha value is -2.64. The van der Waals surface area contributed by atoms with Crippen molar-refractivity contribution in [3.63, 3.8) is 0 Å². The molecule has 30 heavy (non-hydrogen) atoms. The van der Waals surface area contributed by atoms with Crippen molar-refractivity contribution in [2.45, 2.75) is 71.4 Å². The number of ether oxygens (including phenoxy) is 4. The van der Waals surface area contributed by atoms with Crippen LogP contribution in [0.2, 0.25) is 0 Å². The second kappa shape index (κ2) is 7.89. The van der Waals surface area contributed by atoms with Gasteiger partial charge in [0, 0.05) is 30.9 Å². The Bertz CT molecular complexity index is 825. The maximum Gasteiger partial charge on any atom is 0.334 e. The van der Waals surface area contributed by atoms with E-state index in [1.165, 1.54) is 19.9 Å². The number of esters is 3. The van der Waals surface area contributed by atoms with Gasteiger partial charge in [-0.15, -0.1) is 0 Å². The smallest absolute Gasteiger partial charge is 0.334 e. The first-order valence-corrected chi connectivity index (χ1v) is 10.2. The lowest BCUT2D eigenvalue weighted by Crippen LogP contribution is -2.57. The molecule has 8 nitrogen and oxygen atoms in total. The lowest BCUT2D eigenvalue weighted by atomic mass is 9.78. The highest BCUT2D eigenvalue weighted by molar-refractivity contribution is 6.00. The average molecular weight is 420 g/mol. The van der Waals surface area contributed by atoms with E-state index in [1.54, 1.807) is 0 Å². The van der Waals surface area contributed by atoms with Gasteiger partial charge in [-0.3, -0.25) is 14.4 Å². The number of hydrogen-bond donors (Lipinski definition) is 0. The van der Waals surface area contributed by atoms with E-state index in [4.69, 9.17) is 18.9 Å². The lowest BCUT2D eigenvalue weighted by molar-refractivity contribution is -0.195. The van der Waals surface area contributed by atoms with Gasteiger partial charge >= 0.3 is 17.9 Å². The third-order valence-electron chi connectivity index (χ3n) is 5.82. The quantitative estimate of drug-likeness (QED) is 0.387. The van der Waals surface area contributed by atoms with Gasteiger partial charge in [0.25, 0.3) is 0 Å². The van der Waals surface area contributed by atoms with Gasteiger partial charge in [-0.1, -0.05) is 27.4 Å². The summed E-state index contributed by atoms with van der Waals surface area (Å²) in [6, 6.07) is 0. The first-order valence-electron chi connectivity index (χ1n) is 10.2. The molecular formula is C22H28O8. The van der Waals surface area contributed by atoms with E-state index in [0.717, 1.165) is 0 Å². The largest absolute Gasteiger partial charge is 0.479 e. The summed E-state index contributed by atoms with van der Waals surface area (Å²) in [6.07, 6.45) is -1.27. The SMILES string of the molecule is C=C1C(=O)O[C@@H]2C[C@@H](C)C3=CC(=O)[C@](C)(O3)[C@H](OC(C)=O)[C@@H](OC(=O)CC(C)C)[C@@H]12. The molecule has 3 heterocycles. The molecule has 0 radical (unpaired) electrons. The summed E-state index contributed by atoms with van der Waals surface area (Å²) in [7, 11) is 0. The van der Waals surface area contributed by atoms with Crippen molar-refractivity contribution < 1.29 is 38.1 Å². The van der Waals surface area contributed by atoms with E-state index in [0.29, 0.717) is 12.2 Å². The highest BCUT2D eigenvalue weighted by Gasteiger charge is 2.60. The summed E-state index contributed by atoms with van der Waals surface area (Å²) >= 11 is 0. The zero-order valence-electron chi connectivity index (χ0n) is 17.9. The van der Waals surface area contributed by atoms with Crippen LogP contribution in [0.1, 0.15) is 47.5 Å². The molecule has 0 aromatic carbocycles. The lowest BCUT2D eigenvalue weighted by Gasteiger charge is -2.38. The van der Waals surface area contributed by atoms with Crippen molar-refractivity contribution in [1.82, 2.24) is 0 Å². The van der Waals surface area contributed by atoms with Crippen molar-refractivity contribution in [2.24, 2.45) is 17.8 Å². The summed E-state index contributed by atoms with van der Waals surface area (Å²) in [6.45, 7) is 12.1. The van der Waals surface area contributed by atoms with Gasteiger partial charge < -0.3 is 18.9 Å². The van der Waals surface area contributed by atoms with E-state index < -0.39 is 53.5 Å². The Balaban J connectivity index is 2.12. The minimum atomic E-state index is -1.60. The van der Waals surface area contributed by atoms with Crippen molar-refractivity contribution >= 4 is 23.7 Å². The number of carbonyl (C=O) groups is 4. The Labute approximate surface area is 175 Å². The van der Waals surface area contributed by atoms with Gasteiger partial charge in [-0.25, -0.2) is 4.79 Å². The zero-order valence-corrected chi connectivity index (χ0v) is 17.9. The number of fused-ring (bicyclic) bond motifs is 3. The van der Waals surface area contributed by atoms with Crippen molar-refractivity contribution in [2.75, 3.05) is 0 Å². The van der Waals surface area contributed by atoms with Crippen LogP contribution in [0.25, 0.3) is 0 Å². The molecule has 3 rings (SSSR count). The van der Waals surface area contributed by atoms with Gasteiger partial charge in [-0.2, -0.15) is 0 Å². The molecule has 2 bridgehead atoms. The Morgan fingerprint density at radius 2 is 1.97 bits per heavy atom. The molecule has 0 spiro atoms. The minimum absolute atomic E-state index is 0.0229. The molecule has 0 aliphatic carbocycles. The van der Waals surface area contributed by atoms with Gasteiger partial charge in [0.2, 0.25) is 11.4 Å². The summed E-state index contributed by atoms with van der Waals surface area (Å²) in [5.74, 6) is -2.77. The number of allylic oxidation sites excluding steroid dienone is 1. The van der Waals surface area contributed by atoms with Crippen LogP contribution in [-0.2, 0) is 38.1 Å². The van der Waals surface area contributed by atoms with E-state index in [1.807, 2.05) is 20.8 Å². The van der Waals surface area contributed by atoms with E-state index in [2.05, 4.69) is 6.58 Å². The number of rotatable bonds is 4. The Morgan fingerprint density at radius 1 is 1.30 bits per heavy atom. The third kappa shape index (κ3) is 3.87. The fourth-order valence-electron chi connectivity index (χ4n) is 4.28. The van der Waals surface area contributed by atoms with Gasteiger partial charge in [0.05, 0.1) is 5.92 Å². The van der Waals surface area contributed by atoms with Crippen LogP contribution in [0, 0.1) is 17.8 Å². The maximum absolute atomic E-state index is 12.9. The second-order valence-corrected chi connectivity index (χ2v) is 8.83. The predicted octanol–water partition coefficient (Wildman–Crippen LogP) is 2.26. The molecule has 164 valence electrons. The minimum Gasteiger partial charge on any atom is -0.479 e. The Morgan fingerprint density at radius 3 is 2.57 bits per heavy atom. The Kier molecular flexibility index (Phi) is 5.80.